The summed E-state index contributed by atoms with van der Waals surface area (Å²) >= 11 is 6.17. The third kappa shape index (κ3) is 4.39. The summed E-state index contributed by atoms with van der Waals surface area (Å²) in [4.78, 5) is 39.4. The third-order valence-corrected chi connectivity index (χ3v) is 5.82. The van der Waals surface area contributed by atoms with Crippen molar-refractivity contribution in [2.75, 3.05) is 11.2 Å². The molecular formula is C22H17ClFN3O5S. The van der Waals surface area contributed by atoms with Crippen LogP contribution in [0, 0.1) is 5.82 Å². The number of carbonyl (C=O) groups is 3. The monoisotopic (exact) mass is 489 g/mol. The van der Waals surface area contributed by atoms with E-state index in [2.05, 4.69) is 0 Å². The van der Waals surface area contributed by atoms with Crippen molar-refractivity contribution in [3.8, 4) is 0 Å². The number of benzene rings is 2. The van der Waals surface area contributed by atoms with E-state index in [0.29, 0.717) is 5.52 Å². The van der Waals surface area contributed by atoms with Crippen LogP contribution in [-0.2, 0) is 26.2 Å². The first-order valence-electron chi connectivity index (χ1n) is 9.67. The van der Waals surface area contributed by atoms with Gasteiger partial charge >= 0.3 is 0 Å². The Morgan fingerprint density at radius 3 is 2.58 bits per heavy atom. The number of hydrogen-bond donors (Lipinski definition) is 1. The van der Waals surface area contributed by atoms with Crippen molar-refractivity contribution in [3.05, 3.63) is 76.7 Å². The van der Waals surface area contributed by atoms with E-state index < -0.39 is 33.6 Å². The normalized spacial score (nSPS) is 14.2. The zero-order valence-electron chi connectivity index (χ0n) is 17.2. The van der Waals surface area contributed by atoms with E-state index in [4.69, 9.17) is 11.6 Å². The lowest BCUT2D eigenvalue weighted by molar-refractivity contribution is -0.124. The summed E-state index contributed by atoms with van der Waals surface area (Å²) in [6.07, 6.45) is 3.28. The van der Waals surface area contributed by atoms with E-state index in [1.165, 1.54) is 47.1 Å². The van der Waals surface area contributed by atoms with Gasteiger partial charge in [0.1, 0.15) is 11.5 Å². The zero-order valence-corrected chi connectivity index (χ0v) is 18.8. The van der Waals surface area contributed by atoms with Crippen molar-refractivity contribution < 1.29 is 27.2 Å². The highest BCUT2D eigenvalue weighted by Gasteiger charge is 2.34. The Balaban J connectivity index is 2.07. The number of rotatable bonds is 5. The van der Waals surface area contributed by atoms with Crippen molar-refractivity contribution in [1.29, 1.82) is 0 Å². The van der Waals surface area contributed by atoms with Crippen LogP contribution in [0.2, 0.25) is 5.02 Å². The second kappa shape index (κ2) is 8.45. The van der Waals surface area contributed by atoms with E-state index in [-0.39, 0.29) is 40.3 Å². The predicted octanol–water partition coefficient (Wildman–Crippen LogP) is 2.99. The minimum atomic E-state index is -4.00. The Morgan fingerprint density at radius 2 is 1.91 bits per heavy atom. The van der Waals surface area contributed by atoms with Crippen LogP contribution in [-0.4, -0.2) is 37.0 Å². The molecule has 2 heterocycles. The van der Waals surface area contributed by atoms with Crippen molar-refractivity contribution in [1.82, 2.24) is 9.29 Å². The van der Waals surface area contributed by atoms with Gasteiger partial charge in [0.2, 0.25) is 15.9 Å². The predicted molar refractivity (Wildman–Crippen MR) is 121 cm³/mol. The summed E-state index contributed by atoms with van der Waals surface area (Å²) < 4.78 is 41.4. The Hall–Kier alpha value is -3.50. The number of carbonyl (C=O) groups excluding carboxylic acids is 3. The van der Waals surface area contributed by atoms with Gasteiger partial charge in [0, 0.05) is 28.5 Å². The van der Waals surface area contributed by atoms with Gasteiger partial charge in [-0.2, -0.15) is 0 Å². The van der Waals surface area contributed by atoms with Crippen molar-refractivity contribution in [3.63, 3.8) is 0 Å². The minimum Gasteiger partial charge on any atom is -0.330 e. The van der Waals surface area contributed by atoms with Crippen LogP contribution in [0.5, 0.6) is 0 Å². The number of imide groups is 1. The molecule has 8 nitrogen and oxygen atoms in total. The zero-order chi connectivity index (χ0) is 23.9. The van der Waals surface area contributed by atoms with E-state index in [1.807, 2.05) is 4.72 Å². The first-order valence-corrected chi connectivity index (χ1v) is 11.9. The summed E-state index contributed by atoms with van der Waals surface area (Å²) in [6, 6.07) is 10.4. The molecule has 0 bridgehead atoms. The van der Waals surface area contributed by atoms with Crippen LogP contribution in [0.3, 0.4) is 0 Å². The van der Waals surface area contributed by atoms with E-state index in [9.17, 15) is 27.2 Å². The third-order valence-electron chi connectivity index (χ3n) is 5.02. The average molecular weight is 490 g/mol. The maximum atomic E-state index is 14.5. The van der Waals surface area contributed by atoms with Crippen LogP contribution in [0.25, 0.3) is 10.9 Å². The molecule has 0 spiro atoms. The molecule has 3 aromatic rings. The van der Waals surface area contributed by atoms with Crippen LogP contribution in [0.15, 0.2) is 54.6 Å². The second-order valence-corrected chi connectivity index (χ2v) is 9.60. The molecular weight excluding hydrogens is 473 g/mol. The molecule has 1 aromatic heterocycles. The molecule has 0 fully saturated rings. The van der Waals surface area contributed by atoms with E-state index >= 15 is 0 Å². The van der Waals surface area contributed by atoms with Gasteiger partial charge in [-0.05, 0) is 24.3 Å². The van der Waals surface area contributed by atoms with Gasteiger partial charge in [-0.25, -0.2) is 22.4 Å². The standard InChI is InChI=1S/C22H17ClFN3O5S/c1-33(31,32)25-22(30)21-20(27-18(28)7-4-8-19(27)29)15-11-14(23)9-10-17(15)26(21)12-13-5-2-3-6-16(13)24/h2-7,9-11H,8,12H2,1H3,(H,25,30). The lowest BCUT2D eigenvalue weighted by Gasteiger charge is -2.23. The molecule has 33 heavy (non-hydrogen) atoms. The second-order valence-electron chi connectivity index (χ2n) is 7.41. The Bertz CT molecular complexity index is 1460. The Morgan fingerprint density at radius 1 is 1.18 bits per heavy atom. The minimum absolute atomic E-state index is 0.0978. The molecule has 0 saturated heterocycles. The van der Waals surface area contributed by atoms with Gasteiger partial charge in [-0.15, -0.1) is 0 Å². The molecule has 1 N–H and O–H groups in total. The van der Waals surface area contributed by atoms with Gasteiger partial charge < -0.3 is 4.57 Å². The smallest absolute Gasteiger partial charge is 0.283 e. The fraction of sp³-hybridized carbons (Fsp3) is 0.136. The number of sulfonamides is 1. The molecule has 1 aliphatic heterocycles. The molecule has 4 rings (SSSR count). The number of aromatic nitrogens is 1. The Kier molecular flexibility index (Phi) is 5.81. The van der Waals surface area contributed by atoms with Gasteiger partial charge in [0.05, 0.1) is 24.0 Å². The van der Waals surface area contributed by atoms with Crippen molar-refractivity contribution in [2.45, 2.75) is 13.0 Å². The van der Waals surface area contributed by atoms with Crippen LogP contribution < -0.4 is 9.62 Å². The highest BCUT2D eigenvalue weighted by atomic mass is 35.5. The van der Waals surface area contributed by atoms with Crippen LogP contribution in [0.1, 0.15) is 22.5 Å². The molecule has 1 aliphatic rings. The number of anilines is 1. The highest BCUT2D eigenvalue weighted by Crippen LogP contribution is 2.38. The SMILES string of the molecule is CS(=O)(=O)NC(=O)c1c(N2C(=O)C=CCC2=O)c2cc(Cl)ccc2n1Cc1ccccc1F. The number of halogens is 2. The molecule has 170 valence electrons. The summed E-state index contributed by atoms with van der Waals surface area (Å²) in [5.74, 6) is -2.94. The highest BCUT2D eigenvalue weighted by molar-refractivity contribution is 7.89. The lowest BCUT2D eigenvalue weighted by atomic mass is 10.1. The van der Waals surface area contributed by atoms with Crippen molar-refractivity contribution in [2.24, 2.45) is 0 Å². The van der Waals surface area contributed by atoms with Gasteiger partial charge in [0.25, 0.3) is 11.8 Å². The van der Waals surface area contributed by atoms with E-state index in [1.54, 1.807) is 12.1 Å². The van der Waals surface area contributed by atoms with Crippen molar-refractivity contribution >= 4 is 55.9 Å². The van der Waals surface area contributed by atoms with Gasteiger partial charge in [-0.1, -0.05) is 35.9 Å². The fourth-order valence-electron chi connectivity index (χ4n) is 3.73. The maximum absolute atomic E-state index is 14.5. The van der Waals surface area contributed by atoms with E-state index in [0.717, 1.165) is 11.2 Å². The molecule has 0 atom stereocenters. The number of nitrogens with one attached hydrogen (secondary N) is 1. The fourth-order valence-corrected chi connectivity index (χ4v) is 4.33. The largest absolute Gasteiger partial charge is 0.330 e. The first-order chi connectivity index (χ1) is 15.6. The summed E-state index contributed by atoms with van der Waals surface area (Å²) in [5.41, 5.74) is 0.147. The molecule has 0 saturated carbocycles. The topological polar surface area (TPSA) is 106 Å². The molecule has 0 radical (unpaired) electrons. The van der Waals surface area contributed by atoms with Gasteiger partial charge in [0.15, 0.2) is 0 Å². The average Bonchev–Trinajstić information content (AvgIpc) is 3.01. The number of fused-ring (bicyclic) bond motifs is 1. The molecule has 3 amide bonds. The number of nitrogens with zero attached hydrogens (tertiary/aromatic N) is 2. The maximum Gasteiger partial charge on any atom is 0.283 e. The first kappa shape index (κ1) is 22.7. The lowest BCUT2D eigenvalue weighted by Crippen LogP contribution is -2.40. The number of hydrogen-bond acceptors (Lipinski definition) is 5. The summed E-state index contributed by atoms with van der Waals surface area (Å²) in [6.45, 7) is -0.177. The summed E-state index contributed by atoms with van der Waals surface area (Å²) in [7, 11) is -4.00. The molecule has 0 aliphatic carbocycles. The molecule has 2 aromatic carbocycles. The molecule has 0 unspecified atom stereocenters. The summed E-state index contributed by atoms with van der Waals surface area (Å²) in [5, 5.41) is 0.517. The Labute approximate surface area is 193 Å². The van der Waals surface area contributed by atoms with Crippen LogP contribution in [0.4, 0.5) is 10.1 Å². The number of amides is 3. The van der Waals surface area contributed by atoms with Gasteiger partial charge in [-0.3, -0.25) is 14.4 Å². The molecule has 11 heteroatoms. The van der Waals surface area contributed by atoms with Crippen LogP contribution >= 0.6 is 11.6 Å². The quantitative estimate of drug-likeness (QED) is 0.555.